The molecule has 0 saturated carbocycles. The van der Waals surface area contributed by atoms with E-state index in [9.17, 15) is 4.79 Å². The number of amides is 1. The van der Waals surface area contributed by atoms with E-state index in [1.54, 1.807) is 6.07 Å². The lowest BCUT2D eigenvalue weighted by Gasteiger charge is -2.15. The van der Waals surface area contributed by atoms with Crippen molar-refractivity contribution in [2.45, 2.75) is 6.92 Å². The van der Waals surface area contributed by atoms with Crippen LogP contribution in [-0.2, 0) is 0 Å². The standard InChI is InChI=1S/C16H16BrClN2O/c1-10-4-6-13(17)12(8-10)16(21)19-11-5-7-15(20(2)3)14(18)9-11/h4-9H,1-3H3,(H,19,21). The lowest BCUT2D eigenvalue weighted by Crippen LogP contribution is -2.13. The Morgan fingerprint density at radius 3 is 2.52 bits per heavy atom. The van der Waals surface area contributed by atoms with Crippen molar-refractivity contribution in [1.29, 1.82) is 0 Å². The largest absolute Gasteiger partial charge is 0.376 e. The smallest absolute Gasteiger partial charge is 0.256 e. The van der Waals surface area contributed by atoms with Crippen LogP contribution in [0, 0.1) is 6.92 Å². The van der Waals surface area contributed by atoms with Gasteiger partial charge in [0.15, 0.2) is 0 Å². The highest BCUT2D eigenvalue weighted by Crippen LogP contribution is 2.28. The van der Waals surface area contributed by atoms with Crippen LogP contribution in [0.4, 0.5) is 11.4 Å². The first-order chi connectivity index (χ1) is 9.88. The number of halogens is 2. The molecular formula is C16H16BrClN2O. The van der Waals surface area contributed by atoms with Crippen molar-refractivity contribution >= 4 is 44.8 Å². The van der Waals surface area contributed by atoms with Gasteiger partial charge in [-0.05, 0) is 53.2 Å². The van der Waals surface area contributed by atoms with Gasteiger partial charge in [-0.3, -0.25) is 4.79 Å². The highest BCUT2D eigenvalue weighted by atomic mass is 79.9. The molecule has 110 valence electrons. The average molecular weight is 368 g/mol. The predicted octanol–water partition coefficient (Wildman–Crippen LogP) is 4.73. The van der Waals surface area contributed by atoms with E-state index in [1.165, 1.54) is 0 Å². The van der Waals surface area contributed by atoms with Gasteiger partial charge in [0.1, 0.15) is 0 Å². The predicted molar refractivity (Wildman–Crippen MR) is 92.6 cm³/mol. The summed E-state index contributed by atoms with van der Waals surface area (Å²) in [5.41, 5.74) is 3.21. The van der Waals surface area contributed by atoms with Crippen LogP contribution in [0.2, 0.25) is 5.02 Å². The molecule has 2 aromatic carbocycles. The fraction of sp³-hybridized carbons (Fsp3) is 0.188. The molecule has 0 aromatic heterocycles. The van der Waals surface area contributed by atoms with Crippen LogP contribution in [-0.4, -0.2) is 20.0 Å². The van der Waals surface area contributed by atoms with Gasteiger partial charge >= 0.3 is 0 Å². The maximum Gasteiger partial charge on any atom is 0.256 e. The lowest BCUT2D eigenvalue weighted by molar-refractivity contribution is 0.102. The van der Waals surface area contributed by atoms with Gasteiger partial charge in [0.2, 0.25) is 0 Å². The molecule has 0 atom stereocenters. The summed E-state index contributed by atoms with van der Waals surface area (Å²) in [6.07, 6.45) is 0. The van der Waals surface area contributed by atoms with Gasteiger partial charge in [-0.15, -0.1) is 0 Å². The number of hydrogen-bond acceptors (Lipinski definition) is 2. The first-order valence-electron chi connectivity index (χ1n) is 6.43. The molecule has 1 amide bonds. The van der Waals surface area contributed by atoms with E-state index in [0.717, 1.165) is 15.7 Å². The summed E-state index contributed by atoms with van der Waals surface area (Å²) in [5, 5.41) is 3.46. The first-order valence-corrected chi connectivity index (χ1v) is 7.60. The van der Waals surface area contributed by atoms with Crippen LogP contribution >= 0.6 is 27.5 Å². The van der Waals surface area contributed by atoms with E-state index < -0.39 is 0 Å². The third-order valence-electron chi connectivity index (χ3n) is 3.05. The SMILES string of the molecule is Cc1ccc(Br)c(C(=O)Nc2ccc(N(C)C)c(Cl)c2)c1. The topological polar surface area (TPSA) is 32.3 Å². The van der Waals surface area contributed by atoms with Crippen molar-refractivity contribution in [2.75, 3.05) is 24.3 Å². The Hall–Kier alpha value is -1.52. The molecule has 2 rings (SSSR count). The Kier molecular flexibility index (Phi) is 4.91. The second-order valence-corrected chi connectivity index (χ2v) is 6.26. The summed E-state index contributed by atoms with van der Waals surface area (Å²) in [6.45, 7) is 1.95. The van der Waals surface area contributed by atoms with E-state index in [2.05, 4.69) is 21.2 Å². The third kappa shape index (κ3) is 3.77. The Morgan fingerprint density at radius 2 is 1.90 bits per heavy atom. The van der Waals surface area contributed by atoms with Gasteiger partial charge < -0.3 is 10.2 Å². The van der Waals surface area contributed by atoms with Crippen molar-refractivity contribution in [3.05, 3.63) is 57.0 Å². The molecule has 5 heteroatoms. The molecule has 0 fully saturated rings. The van der Waals surface area contributed by atoms with Gasteiger partial charge in [-0.25, -0.2) is 0 Å². The molecule has 0 aliphatic rings. The monoisotopic (exact) mass is 366 g/mol. The minimum absolute atomic E-state index is 0.167. The van der Waals surface area contributed by atoms with Crippen LogP contribution in [0.25, 0.3) is 0 Å². The van der Waals surface area contributed by atoms with Gasteiger partial charge in [0.05, 0.1) is 16.3 Å². The number of nitrogens with zero attached hydrogens (tertiary/aromatic N) is 1. The maximum atomic E-state index is 12.3. The minimum atomic E-state index is -0.167. The van der Waals surface area contributed by atoms with Crippen LogP contribution in [0.3, 0.4) is 0 Å². The normalized spacial score (nSPS) is 10.3. The molecule has 0 radical (unpaired) electrons. The van der Waals surface area contributed by atoms with Gasteiger partial charge in [0, 0.05) is 24.3 Å². The summed E-state index contributed by atoms with van der Waals surface area (Å²) >= 11 is 9.60. The Morgan fingerprint density at radius 1 is 1.19 bits per heavy atom. The molecule has 0 unspecified atom stereocenters. The van der Waals surface area contributed by atoms with Crippen molar-refractivity contribution in [3.8, 4) is 0 Å². The highest BCUT2D eigenvalue weighted by Gasteiger charge is 2.11. The van der Waals surface area contributed by atoms with Gasteiger partial charge in [-0.1, -0.05) is 23.2 Å². The van der Waals surface area contributed by atoms with E-state index in [-0.39, 0.29) is 5.91 Å². The van der Waals surface area contributed by atoms with Crippen molar-refractivity contribution in [2.24, 2.45) is 0 Å². The van der Waals surface area contributed by atoms with E-state index in [4.69, 9.17) is 11.6 Å². The summed E-state index contributed by atoms with van der Waals surface area (Å²) < 4.78 is 0.765. The zero-order chi connectivity index (χ0) is 15.6. The molecule has 2 aromatic rings. The van der Waals surface area contributed by atoms with Crippen molar-refractivity contribution in [3.63, 3.8) is 0 Å². The number of anilines is 2. The number of carbonyl (C=O) groups excluding carboxylic acids is 1. The molecule has 0 spiro atoms. The quantitative estimate of drug-likeness (QED) is 0.850. The van der Waals surface area contributed by atoms with Crippen molar-refractivity contribution < 1.29 is 4.79 Å². The number of aryl methyl sites for hydroxylation is 1. The highest BCUT2D eigenvalue weighted by molar-refractivity contribution is 9.10. The van der Waals surface area contributed by atoms with Crippen LogP contribution in [0.5, 0.6) is 0 Å². The molecule has 1 N–H and O–H groups in total. The number of nitrogens with one attached hydrogen (secondary N) is 1. The molecule has 0 aliphatic heterocycles. The van der Waals surface area contributed by atoms with Crippen LogP contribution < -0.4 is 10.2 Å². The second kappa shape index (κ2) is 6.50. The number of benzene rings is 2. The lowest BCUT2D eigenvalue weighted by atomic mass is 10.1. The van der Waals surface area contributed by atoms with Gasteiger partial charge in [-0.2, -0.15) is 0 Å². The summed E-state index contributed by atoms with van der Waals surface area (Å²) in [7, 11) is 3.84. The Bertz CT molecular complexity index is 686. The van der Waals surface area contributed by atoms with Gasteiger partial charge in [0.25, 0.3) is 5.91 Å². The average Bonchev–Trinajstić information content (AvgIpc) is 2.41. The Balaban J connectivity index is 2.24. The van der Waals surface area contributed by atoms with E-state index >= 15 is 0 Å². The first kappa shape index (κ1) is 15.9. The minimum Gasteiger partial charge on any atom is -0.376 e. The molecule has 0 bridgehead atoms. The van der Waals surface area contributed by atoms with E-state index in [0.29, 0.717) is 16.3 Å². The molecule has 0 aliphatic carbocycles. The van der Waals surface area contributed by atoms with Crippen LogP contribution in [0.1, 0.15) is 15.9 Å². The third-order valence-corrected chi connectivity index (χ3v) is 4.05. The van der Waals surface area contributed by atoms with E-state index in [1.807, 2.05) is 56.3 Å². The Labute approximate surface area is 138 Å². The fourth-order valence-electron chi connectivity index (χ4n) is 1.96. The zero-order valence-electron chi connectivity index (χ0n) is 12.1. The molecule has 21 heavy (non-hydrogen) atoms. The number of rotatable bonds is 3. The summed E-state index contributed by atoms with van der Waals surface area (Å²) in [6, 6.07) is 11.1. The van der Waals surface area contributed by atoms with Crippen LogP contribution in [0.15, 0.2) is 40.9 Å². The number of hydrogen-bond donors (Lipinski definition) is 1. The summed E-state index contributed by atoms with van der Waals surface area (Å²) in [4.78, 5) is 14.2. The second-order valence-electron chi connectivity index (χ2n) is 5.00. The number of carbonyl (C=O) groups is 1. The van der Waals surface area contributed by atoms with Crippen molar-refractivity contribution in [1.82, 2.24) is 0 Å². The molecular weight excluding hydrogens is 352 g/mol. The zero-order valence-corrected chi connectivity index (χ0v) is 14.4. The molecule has 0 heterocycles. The fourth-order valence-corrected chi connectivity index (χ4v) is 2.74. The molecule has 3 nitrogen and oxygen atoms in total. The molecule has 0 saturated heterocycles. The summed E-state index contributed by atoms with van der Waals surface area (Å²) in [5.74, 6) is -0.167. The maximum absolute atomic E-state index is 12.3.